The Morgan fingerprint density at radius 2 is 1.42 bits per heavy atom. The molecule has 0 aliphatic rings. The highest BCUT2D eigenvalue weighted by molar-refractivity contribution is 7.89. The molecule has 160 valence electrons. The van der Waals surface area contributed by atoms with Gasteiger partial charge in [0.1, 0.15) is 0 Å². The summed E-state index contributed by atoms with van der Waals surface area (Å²) in [6.45, 7) is -0.320. The molecule has 0 aromatic heterocycles. The number of hydrogen-bond acceptors (Lipinski definition) is 5. The number of anilines is 1. The fraction of sp³-hybridized carbons (Fsp3) is 0.0909. The third-order valence-electron chi connectivity index (χ3n) is 4.15. The third-order valence-corrected chi connectivity index (χ3v) is 5.57. The Hall–Kier alpha value is -3.53. The van der Waals surface area contributed by atoms with E-state index in [4.69, 9.17) is 4.84 Å². The molecule has 0 saturated carbocycles. The highest BCUT2D eigenvalue weighted by Crippen LogP contribution is 2.15. The van der Waals surface area contributed by atoms with E-state index in [1.54, 1.807) is 30.3 Å². The zero-order chi connectivity index (χ0) is 22.1. The first-order chi connectivity index (χ1) is 14.9. The monoisotopic (exact) mass is 439 g/mol. The molecule has 9 heteroatoms. The lowest BCUT2D eigenvalue weighted by Gasteiger charge is -2.09. The van der Waals surface area contributed by atoms with Gasteiger partial charge in [-0.15, -0.1) is 0 Å². The van der Waals surface area contributed by atoms with E-state index < -0.39 is 22.5 Å². The molecule has 0 atom stereocenters. The fourth-order valence-corrected chi connectivity index (χ4v) is 3.55. The van der Waals surface area contributed by atoms with Crippen molar-refractivity contribution in [1.82, 2.24) is 10.2 Å². The maximum atomic E-state index is 12.4. The number of sulfonamides is 1. The summed E-state index contributed by atoms with van der Waals surface area (Å²) in [4.78, 5) is 29.0. The van der Waals surface area contributed by atoms with Crippen LogP contribution in [0.4, 0.5) is 5.69 Å². The minimum absolute atomic E-state index is 0.0387. The van der Waals surface area contributed by atoms with Crippen LogP contribution in [-0.2, 0) is 26.3 Å². The molecule has 0 saturated heterocycles. The summed E-state index contributed by atoms with van der Waals surface area (Å²) < 4.78 is 26.9. The maximum Gasteiger partial charge on any atom is 0.258 e. The van der Waals surface area contributed by atoms with Crippen LogP contribution in [0.25, 0.3) is 0 Å². The van der Waals surface area contributed by atoms with Gasteiger partial charge in [-0.1, -0.05) is 48.5 Å². The number of carbonyl (C=O) groups excluding carboxylic acids is 2. The molecule has 3 rings (SSSR count). The van der Waals surface area contributed by atoms with E-state index in [1.807, 2.05) is 30.3 Å². The van der Waals surface area contributed by atoms with E-state index in [0.29, 0.717) is 11.3 Å². The highest BCUT2D eigenvalue weighted by Gasteiger charge is 2.16. The second-order valence-corrected chi connectivity index (χ2v) is 8.24. The summed E-state index contributed by atoms with van der Waals surface area (Å²) in [5.74, 6) is -0.937. The molecular formula is C22H21N3O5S. The zero-order valence-electron chi connectivity index (χ0n) is 16.4. The normalized spacial score (nSPS) is 11.0. The molecule has 31 heavy (non-hydrogen) atoms. The molecule has 0 bridgehead atoms. The van der Waals surface area contributed by atoms with E-state index in [0.717, 1.165) is 5.56 Å². The van der Waals surface area contributed by atoms with E-state index >= 15 is 0 Å². The first-order valence-electron chi connectivity index (χ1n) is 9.35. The van der Waals surface area contributed by atoms with Crippen molar-refractivity contribution < 1.29 is 22.8 Å². The Morgan fingerprint density at radius 1 is 0.806 bits per heavy atom. The summed E-state index contributed by atoms with van der Waals surface area (Å²) in [7, 11) is -3.91. The molecular weight excluding hydrogens is 418 g/mol. The van der Waals surface area contributed by atoms with E-state index in [9.17, 15) is 18.0 Å². The molecule has 0 spiro atoms. The Morgan fingerprint density at radius 3 is 2.06 bits per heavy atom. The van der Waals surface area contributed by atoms with Crippen LogP contribution in [0.15, 0.2) is 89.8 Å². The molecule has 0 unspecified atom stereocenters. The Bertz CT molecular complexity index is 1120. The average Bonchev–Trinajstić information content (AvgIpc) is 2.79. The van der Waals surface area contributed by atoms with Crippen molar-refractivity contribution in [3.63, 3.8) is 0 Å². The number of benzene rings is 3. The second kappa shape index (κ2) is 10.5. The summed E-state index contributed by atoms with van der Waals surface area (Å²) in [5.41, 5.74) is 3.98. The molecule has 0 heterocycles. The molecule has 2 amide bonds. The minimum atomic E-state index is -3.91. The molecule has 0 aliphatic heterocycles. The van der Waals surface area contributed by atoms with Crippen molar-refractivity contribution in [3.05, 3.63) is 96.1 Å². The quantitative estimate of drug-likeness (QED) is 0.443. The van der Waals surface area contributed by atoms with E-state index in [2.05, 4.69) is 15.5 Å². The van der Waals surface area contributed by atoms with Gasteiger partial charge in [-0.05, 0) is 42.0 Å². The second-order valence-electron chi connectivity index (χ2n) is 6.47. The number of hydrogen-bond donors (Lipinski definition) is 3. The van der Waals surface area contributed by atoms with E-state index in [1.165, 1.54) is 24.3 Å². The molecule has 8 nitrogen and oxygen atoms in total. The topological polar surface area (TPSA) is 114 Å². The molecule has 3 N–H and O–H groups in total. The van der Waals surface area contributed by atoms with Crippen LogP contribution in [0.2, 0.25) is 0 Å². The Balaban J connectivity index is 1.48. The number of carbonyl (C=O) groups is 2. The van der Waals surface area contributed by atoms with Crippen LogP contribution in [0, 0.1) is 0 Å². The average molecular weight is 439 g/mol. The minimum Gasteiger partial charge on any atom is -0.322 e. The lowest BCUT2D eigenvalue weighted by atomic mass is 10.2. The van der Waals surface area contributed by atoms with Crippen molar-refractivity contribution in [2.24, 2.45) is 0 Å². The van der Waals surface area contributed by atoms with Crippen molar-refractivity contribution >= 4 is 27.5 Å². The van der Waals surface area contributed by atoms with Gasteiger partial charge in [0.25, 0.3) is 11.8 Å². The van der Waals surface area contributed by atoms with Crippen molar-refractivity contribution in [3.8, 4) is 0 Å². The summed E-state index contributed by atoms with van der Waals surface area (Å²) in [6, 6.07) is 23.5. The zero-order valence-corrected chi connectivity index (χ0v) is 17.3. The van der Waals surface area contributed by atoms with Crippen LogP contribution >= 0.6 is 0 Å². The smallest absolute Gasteiger partial charge is 0.258 e. The SMILES string of the molecule is O=C(CNS(=O)(=O)c1ccc(NC(=O)c2ccccc2)cc1)NOCc1ccccc1. The van der Waals surface area contributed by atoms with Gasteiger partial charge in [0, 0.05) is 11.3 Å². The predicted octanol–water partition coefficient (Wildman–Crippen LogP) is 2.47. The van der Waals surface area contributed by atoms with Crippen molar-refractivity contribution in [2.75, 3.05) is 11.9 Å². The predicted molar refractivity (Wildman–Crippen MR) is 115 cm³/mol. The fourth-order valence-electron chi connectivity index (χ4n) is 2.56. The lowest BCUT2D eigenvalue weighted by Crippen LogP contribution is -2.36. The number of amides is 2. The molecule has 0 fully saturated rings. The first-order valence-corrected chi connectivity index (χ1v) is 10.8. The molecule has 0 radical (unpaired) electrons. The summed E-state index contributed by atoms with van der Waals surface area (Å²) in [5, 5.41) is 2.69. The van der Waals surface area contributed by atoms with Gasteiger partial charge in [0.2, 0.25) is 10.0 Å². The van der Waals surface area contributed by atoms with Gasteiger partial charge < -0.3 is 5.32 Å². The van der Waals surface area contributed by atoms with Gasteiger partial charge in [0.05, 0.1) is 18.0 Å². The van der Waals surface area contributed by atoms with Crippen molar-refractivity contribution in [2.45, 2.75) is 11.5 Å². The van der Waals surface area contributed by atoms with Gasteiger partial charge >= 0.3 is 0 Å². The number of hydroxylamine groups is 1. The van der Waals surface area contributed by atoms with Crippen LogP contribution in [0.1, 0.15) is 15.9 Å². The largest absolute Gasteiger partial charge is 0.322 e. The Kier molecular flexibility index (Phi) is 7.50. The molecule has 3 aromatic carbocycles. The maximum absolute atomic E-state index is 12.4. The summed E-state index contributed by atoms with van der Waals surface area (Å²) in [6.07, 6.45) is 0. The lowest BCUT2D eigenvalue weighted by molar-refractivity contribution is -0.133. The highest BCUT2D eigenvalue weighted by atomic mass is 32.2. The van der Waals surface area contributed by atoms with Gasteiger partial charge in [-0.25, -0.2) is 18.6 Å². The Labute approximate surface area is 180 Å². The number of rotatable bonds is 9. The van der Waals surface area contributed by atoms with E-state index in [-0.39, 0.29) is 17.4 Å². The number of nitrogens with one attached hydrogen (secondary N) is 3. The van der Waals surface area contributed by atoms with Crippen LogP contribution in [0.5, 0.6) is 0 Å². The van der Waals surface area contributed by atoms with Gasteiger partial charge in [-0.3, -0.25) is 14.4 Å². The van der Waals surface area contributed by atoms with Crippen LogP contribution < -0.4 is 15.5 Å². The third kappa shape index (κ3) is 6.75. The van der Waals surface area contributed by atoms with Gasteiger partial charge in [-0.2, -0.15) is 0 Å². The first kappa shape index (κ1) is 22.2. The molecule has 3 aromatic rings. The molecule has 0 aliphatic carbocycles. The van der Waals surface area contributed by atoms with Gasteiger partial charge in [0.15, 0.2) is 0 Å². The van der Waals surface area contributed by atoms with Crippen LogP contribution in [-0.4, -0.2) is 26.8 Å². The standard InChI is InChI=1S/C22H21N3O5S/c26-21(25-30-16-17-7-3-1-4-8-17)15-23-31(28,29)20-13-11-19(12-14-20)24-22(27)18-9-5-2-6-10-18/h1-14,23H,15-16H2,(H,24,27)(H,25,26). The van der Waals surface area contributed by atoms with Crippen molar-refractivity contribution in [1.29, 1.82) is 0 Å². The van der Waals surface area contributed by atoms with Crippen LogP contribution in [0.3, 0.4) is 0 Å². The summed E-state index contributed by atoms with van der Waals surface area (Å²) >= 11 is 0.